The first kappa shape index (κ1) is 21.3. The molecule has 0 spiro atoms. The molecule has 0 unspecified atom stereocenters. The maximum atomic E-state index is 10.5. The molecule has 3 atom stereocenters. The number of hydrogen-bond acceptors (Lipinski definition) is 2. The molecule has 1 aliphatic rings. The van der Waals surface area contributed by atoms with E-state index in [1.165, 1.54) is 10.4 Å². The number of hydrogen-bond donors (Lipinski definition) is 1. The molecule has 2 aromatic carbocycles. The monoisotopic (exact) mass is 396 g/mol. The van der Waals surface area contributed by atoms with Crippen molar-refractivity contribution in [3.05, 3.63) is 60.7 Å². The molecule has 0 heterocycles. The summed E-state index contributed by atoms with van der Waals surface area (Å²) in [5, 5.41) is 13.2. The molecule has 2 aromatic rings. The van der Waals surface area contributed by atoms with Crippen molar-refractivity contribution in [2.75, 3.05) is 6.61 Å². The maximum Gasteiger partial charge on any atom is 0.261 e. The van der Waals surface area contributed by atoms with Crippen molar-refractivity contribution in [1.29, 1.82) is 0 Å². The van der Waals surface area contributed by atoms with E-state index in [4.69, 9.17) is 4.43 Å². The van der Waals surface area contributed by atoms with Crippen LogP contribution in [0.5, 0.6) is 0 Å². The minimum Gasteiger partial charge on any atom is -0.407 e. The van der Waals surface area contributed by atoms with Crippen LogP contribution >= 0.6 is 0 Å². The molecular formula is C25H36O2Si. The fraction of sp³-hybridized carbons (Fsp3) is 0.520. The summed E-state index contributed by atoms with van der Waals surface area (Å²) in [7, 11) is -2.45. The predicted octanol–water partition coefficient (Wildman–Crippen LogP) is 4.61. The number of rotatable bonds is 8. The Kier molecular flexibility index (Phi) is 6.48. The first-order chi connectivity index (χ1) is 13.3. The lowest BCUT2D eigenvalue weighted by Gasteiger charge is -2.43. The lowest BCUT2D eigenvalue weighted by atomic mass is 10.0. The molecule has 152 valence electrons. The molecule has 0 aliphatic heterocycles. The van der Waals surface area contributed by atoms with Gasteiger partial charge in [0.25, 0.3) is 8.32 Å². The van der Waals surface area contributed by atoms with Crippen molar-refractivity contribution in [2.45, 2.75) is 58.6 Å². The third kappa shape index (κ3) is 4.42. The SMILES string of the molecule is CC(C)C[C@H](O)[C@@H]1C[C@H]1CO[Si](c1ccccc1)(c1ccccc1)C(C)(C)C. The summed E-state index contributed by atoms with van der Waals surface area (Å²) in [5.74, 6) is 1.42. The first-order valence-electron chi connectivity index (χ1n) is 10.7. The van der Waals surface area contributed by atoms with Crippen LogP contribution in [0, 0.1) is 17.8 Å². The number of aliphatic hydroxyl groups excluding tert-OH is 1. The molecule has 0 aromatic heterocycles. The highest BCUT2D eigenvalue weighted by Crippen LogP contribution is 2.45. The molecule has 28 heavy (non-hydrogen) atoms. The van der Waals surface area contributed by atoms with Gasteiger partial charge in [-0.05, 0) is 46.0 Å². The van der Waals surface area contributed by atoms with Gasteiger partial charge in [0.1, 0.15) is 0 Å². The second-order valence-corrected chi connectivity index (χ2v) is 14.1. The molecule has 3 heteroatoms. The maximum absolute atomic E-state index is 10.5. The number of benzene rings is 2. The Labute approximate surface area is 172 Å². The van der Waals surface area contributed by atoms with Crippen molar-refractivity contribution in [1.82, 2.24) is 0 Å². The zero-order valence-electron chi connectivity index (χ0n) is 18.1. The van der Waals surface area contributed by atoms with Gasteiger partial charge in [-0.1, -0.05) is 95.3 Å². The highest BCUT2D eigenvalue weighted by molar-refractivity contribution is 6.99. The number of aliphatic hydroxyl groups is 1. The first-order valence-corrected chi connectivity index (χ1v) is 12.6. The fourth-order valence-corrected chi connectivity index (χ4v) is 9.20. The highest BCUT2D eigenvalue weighted by Gasteiger charge is 2.52. The van der Waals surface area contributed by atoms with E-state index >= 15 is 0 Å². The normalized spacial score (nSPS) is 21.0. The van der Waals surface area contributed by atoms with Crippen LogP contribution in [0.1, 0.15) is 47.5 Å². The van der Waals surface area contributed by atoms with Crippen LogP contribution in [0.3, 0.4) is 0 Å². The molecular weight excluding hydrogens is 360 g/mol. The quantitative estimate of drug-likeness (QED) is 0.661. The summed E-state index contributed by atoms with van der Waals surface area (Å²) in [6, 6.07) is 21.6. The Bertz CT molecular complexity index is 697. The molecule has 0 radical (unpaired) electrons. The molecule has 1 saturated carbocycles. The average molecular weight is 397 g/mol. The van der Waals surface area contributed by atoms with Gasteiger partial charge in [-0.15, -0.1) is 0 Å². The third-order valence-electron chi connectivity index (χ3n) is 6.12. The zero-order chi connectivity index (χ0) is 20.4. The van der Waals surface area contributed by atoms with Gasteiger partial charge in [-0.2, -0.15) is 0 Å². The molecule has 2 nitrogen and oxygen atoms in total. The smallest absolute Gasteiger partial charge is 0.261 e. The molecule has 3 rings (SSSR count). The van der Waals surface area contributed by atoms with E-state index in [0.717, 1.165) is 19.4 Å². The van der Waals surface area contributed by atoms with Crippen molar-refractivity contribution < 1.29 is 9.53 Å². The molecule has 1 N–H and O–H groups in total. The lowest BCUT2D eigenvalue weighted by Crippen LogP contribution is -2.66. The predicted molar refractivity (Wildman–Crippen MR) is 121 cm³/mol. The summed E-state index contributed by atoms with van der Waals surface area (Å²) >= 11 is 0. The van der Waals surface area contributed by atoms with E-state index in [9.17, 15) is 5.11 Å². The van der Waals surface area contributed by atoms with Gasteiger partial charge in [-0.25, -0.2) is 0 Å². The zero-order valence-corrected chi connectivity index (χ0v) is 19.1. The van der Waals surface area contributed by atoms with Gasteiger partial charge in [0, 0.05) is 6.61 Å². The van der Waals surface area contributed by atoms with Crippen molar-refractivity contribution >= 4 is 18.7 Å². The van der Waals surface area contributed by atoms with Gasteiger partial charge in [-0.3, -0.25) is 0 Å². The van der Waals surface area contributed by atoms with Crippen LogP contribution in [-0.2, 0) is 4.43 Å². The topological polar surface area (TPSA) is 29.5 Å². The largest absolute Gasteiger partial charge is 0.407 e. The van der Waals surface area contributed by atoms with E-state index in [2.05, 4.69) is 95.3 Å². The van der Waals surface area contributed by atoms with Crippen LogP contribution in [0.4, 0.5) is 0 Å². The van der Waals surface area contributed by atoms with Gasteiger partial charge >= 0.3 is 0 Å². The van der Waals surface area contributed by atoms with Crippen LogP contribution in [0.2, 0.25) is 5.04 Å². The van der Waals surface area contributed by atoms with Gasteiger partial charge in [0.15, 0.2) is 0 Å². The summed E-state index contributed by atoms with van der Waals surface area (Å²) in [6.45, 7) is 12.1. The molecule has 1 aliphatic carbocycles. The van der Waals surface area contributed by atoms with E-state index < -0.39 is 8.32 Å². The van der Waals surface area contributed by atoms with E-state index in [1.54, 1.807) is 0 Å². The summed E-state index contributed by atoms with van der Waals surface area (Å²) in [5.41, 5.74) is 0. The molecule has 0 bridgehead atoms. The van der Waals surface area contributed by atoms with Gasteiger partial charge < -0.3 is 9.53 Å². The second-order valence-electron chi connectivity index (χ2n) is 9.83. The van der Waals surface area contributed by atoms with Crippen LogP contribution in [-0.4, -0.2) is 26.1 Å². The third-order valence-corrected chi connectivity index (χ3v) is 11.1. The lowest BCUT2D eigenvalue weighted by molar-refractivity contribution is 0.115. The Hall–Kier alpha value is -1.42. The van der Waals surface area contributed by atoms with Crippen molar-refractivity contribution in [3.8, 4) is 0 Å². The van der Waals surface area contributed by atoms with Crippen molar-refractivity contribution in [2.24, 2.45) is 17.8 Å². The van der Waals surface area contributed by atoms with E-state index in [0.29, 0.717) is 17.8 Å². The van der Waals surface area contributed by atoms with Crippen LogP contribution in [0.25, 0.3) is 0 Å². The van der Waals surface area contributed by atoms with Crippen molar-refractivity contribution in [3.63, 3.8) is 0 Å². The average Bonchev–Trinajstić information content (AvgIpc) is 3.42. The fourth-order valence-electron chi connectivity index (χ4n) is 4.59. The Morgan fingerprint density at radius 2 is 1.46 bits per heavy atom. The Morgan fingerprint density at radius 3 is 1.89 bits per heavy atom. The summed E-state index contributed by atoms with van der Waals surface area (Å²) in [4.78, 5) is 0. The minimum atomic E-state index is -2.45. The second kappa shape index (κ2) is 8.52. The summed E-state index contributed by atoms with van der Waals surface area (Å²) < 4.78 is 7.00. The molecule has 0 amide bonds. The van der Waals surface area contributed by atoms with Gasteiger partial charge in [0.2, 0.25) is 0 Å². The standard InChI is InChI=1S/C25H36O2Si/c1-19(2)16-24(26)23-17-20(23)18-27-28(25(3,4)5,21-12-8-6-9-13-21)22-14-10-7-11-15-22/h6-15,19-20,23-24,26H,16-18H2,1-5H3/t20-,23+,24-/m0/s1. The van der Waals surface area contributed by atoms with Crippen LogP contribution < -0.4 is 10.4 Å². The molecule has 0 saturated heterocycles. The van der Waals surface area contributed by atoms with Gasteiger partial charge in [0.05, 0.1) is 6.10 Å². The van der Waals surface area contributed by atoms with E-state index in [-0.39, 0.29) is 11.1 Å². The highest BCUT2D eigenvalue weighted by atomic mass is 28.4. The molecule has 1 fully saturated rings. The van der Waals surface area contributed by atoms with Crippen LogP contribution in [0.15, 0.2) is 60.7 Å². The minimum absolute atomic E-state index is 0.0106. The summed E-state index contributed by atoms with van der Waals surface area (Å²) in [6.07, 6.45) is 1.79. The van der Waals surface area contributed by atoms with E-state index in [1.807, 2.05) is 0 Å². The Morgan fingerprint density at radius 1 is 0.964 bits per heavy atom. The Balaban J connectivity index is 1.88.